The number of aromatic nitrogens is 5. The van der Waals surface area contributed by atoms with E-state index >= 15 is 0 Å². The molecular formula is C16H18N6O. The highest BCUT2D eigenvalue weighted by Gasteiger charge is 2.25. The molecular weight excluding hydrogens is 292 g/mol. The first kappa shape index (κ1) is 13.9. The van der Waals surface area contributed by atoms with Crippen LogP contribution in [0.4, 0.5) is 0 Å². The van der Waals surface area contributed by atoms with Crippen LogP contribution in [0.2, 0.25) is 0 Å². The smallest absolute Gasteiger partial charge is 0.253 e. The predicted molar refractivity (Wildman–Crippen MR) is 84.8 cm³/mol. The van der Waals surface area contributed by atoms with E-state index in [1.165, 1.54) is 0 Å². The van der Waals surface area contributed by atoms with Gasteiger partial charge in [-0.3, -0.25) is 9.89 Å². The fourth-order valence-electron chi connectivity index (χ4n) is 3.28. The number of amides is 1. The minimum absolute atomic E-state index is 0.0733. The zero-order valence-corrected chi connectivity index (χ0v) is 12.7. The van der Waals surface area contributed by atoms with Gasteiger partial charge >= 0.3 is 0 Å². The van der Waals surface area contributed by atoms with Gasteiger partial charge in [-0.15, -0.1) is 0 Å². The molecule has 7 heteroatoms. The molecule has 0 spiro atoms. The molecule has 1 unspecified atom stereocenters. The van der Waals surface area contributed by atoms with Crippen LogP contribution in [0.25, 0.3) is 11.0 Å². The Labute approximate surface area is 133 Å². The van der Waals surface area contributed by atoms with E-state index < -0.39 is 0 Å². The van der Waals surface area contributed by atoms with Crippen LogP contribution in [0.3, 0.4) is 0 Å². The number of hydrogen-bond donors (Lipinski definition) is 2. The largest absolute Gasteiger partial charge is 0.338 e. The first-order valence-corrected chi connectivity index (χ1v) is 7.87. The number of rotatable bonds is 3. The molecule has 0 radical (unpaired) electrons. The average Bonchev–Trinajstić information content (AvgIpc) is 3.25. The van der Waals surface area contributed by atoms with E-state index in [1.54, 1.807) is 12.3 Å². The van der Waals surface area contributed by atoms with Gasteiger partial charge in [0.25, 0.3) is 5.91 Å². The summed E-state index contributed by atoms with van der Waals surface area (Å²) in [5.41, 5.74) is 3.31. The molecule has 1 saturated heterocycles. The van der Waals surface area contributed by atoms with E-state index in [0.717, 1.165) is 49.1 Å². The van der Waals surface area contributed by atoms with E-state index in [1.807, 2.05) is 23.1 Å². The van der Waals surface area contributed by atoms with E-state index in [2.05, 4.69) is 25.6 Å². The lowest BCUT2D eigenvalue weighted by atomic mass is 9.93. The van der Waals surface area contributed by atoms with Crippen molar-refractivity contribution in [1.82, 2.24) is 30.5 Å². The van der Waals surface area contributed by atoms with Crippen LogP contribution in [0, 0.1) is 5.92 Å². The number of carbonyl (C=O) groups excluding carboxylic acids is 1. The quantitative estimate of drug-likeness (QED) is 0.771. The highest BCUT2D eigenvalue weighted by molar-refractivity contribution is 5.97. The predicted octanol–water partition coefficient (Wildman–Crippen LogP) is 1.78. The number of nitrogens with zero attached hydrogens (tertiary/aromatic N) is 4. The number of fused-ring (bicyclic) bond motifs is 1. The van der Waals surface area contributed by atoms with Crippen LogP contribution in [-0.4, -0.2) is 49.5 Å². The minimum atomic E-state index is 0.0733. The number of aromatic amines is 2. The van der Waals surface area contributed by atoms with Gasteiger partial charge in [0, 0.05) is 30.5 Å². The van der Waals surface area contributed by atoms with E-state index in [0.29, 0.717) is 11.5 Å². The molecule has 2 N–H and O–H groups in total. The highest BCUT2D eigenvalue weighted by Crippen LogP contribution is 2.22. The maximum Gasteiger partial charge on any atom is 0.253 e. The average molecular weight is 310 g/mol. The highest BCUT2D eigenvalue weighted by atomic mass is 16.2. The Morgan fingerprint density at radius 3 is 3.04 bits per heavy atom. The van der Waals surface area contributed by atoms with Gasteiger partial charge in [-0.1, -0.05) is 0 Å². The number of carbonyl (C=O) groups is 1. The van der Waals surface area contributed by atoms with Crippen LogP contribution in [0.15, 0.2) is 30.5 Å². The van der Waals surface area contributed by atoms with E-state index in [9.17, 15) is 4.79 Å². The lowest BCUT2D eigenvalue weighted by Crippen LogP contribution is -2.40. The molecule has 23 heavy (non-hydrogen) atoms. The molecule has 3 aromatic rings. The van der Waals surface area contributed by atoms with Gasteiger partial charge in [0.15, 0.2) is 0 Å². The Kier molecular flexibility index (Phi) is 3.53. The fourth-order valence-corrected chi connectivity index (χ4v) is 3.28. The monoisotopic (exact) mass is 310 g/mol. The maximum atomic E-state index is 12.8. The van der Waals surface area contributed by atoms with Crippen LogP contribution in [-0.2, 0) is 6.42 Å². The second kappa shape index (κ2) is 5.83. The summed E-state index contributed by atoms with van der Waals surface area (Å²) in [5.74, 6) is 0.549. The van der Waals surface area contributed by atoms with Crippen molar-refractivity contribution in [2.75, 3.05) is 13.1 Å². The summed E-state index contributed by atoms with van der Waals surface area (Å²) in [6.45, 7) is 1.60. The molecule has 0 aliphatic carbocycles. The Bertz CT molecular complexity index is 809. The van der Waals surface area contributed by atoms with Gasteiger partial charge < -0.3 is 4.90 Å². The van der Waals surface area contributed by atoms with Gasteiger partial charge in [-0.25, -0.2) is 0 Å². The summed E-state index contributed by atoms with van der Waals surface area (Å²) in [6.07, 6.45) is 4.89. The van der Waals surface area contributed by atoms with E-state index in [4.69, 9.17) is 0 Å². The molecule has 118 valence electrons. The normalized spacial score (nSPS) is 18.4. The van der Waals surface area contributed by atoms with Crippen molar-refractivity contribution >= 4 is 16.9 Å². The number of likely N-dealkylation sites (tertiary alicyclic amines) is 1. The van der Waals surface area contributed by atoms with Crippen molar-refractivity contribution in [3.8, 4) is 0 Å². The summed E-state index contributed by atoms with van der Waals surface area (Å²) >= 11 is 0. The SMILES string of the molecule is O=C(c1ccc2n[nH]nc2c1)N1CCCC(Cc2ccn[nH]2)C1. The molecule has 1 aliphatic heterocycles. The van der Waals surface area contributed by atoms with Gasteiger partial charge in [0.2, 0.25) is 0 Å². The second-order valence-electron chi connectivity index (χ2n) is 6.07. The first-order chi connectivity index (χ1) is 11.3. The number of nitrogens with one attached hydrogen (secondary N) is 2. The first-order valence-electron chi connectivity index (χ1n) is 7.87. The Balaban J connectivity index is 1.48. The van der Waals surface area contributed by atoms with Gasteiger partial charge in [-0.2, -0.15) is 20.5 Å². The van der Waals surface area contributed by atoms with Crippen molar-refractivity contribution in [3.05, 3.63) is 41.7 Å². The van der Waals surface area contributed by atoms with Crippen molar-refractivity contribution in [2.45, 2.75) is 19.3 Å². The number of hydrogen-bond acceptors (Lipinski definition) is 4. The van der Waals surface area contributed by atoms with Crippen LogP contribution in [0.5, 0.6) is 0 Å². The summed E-state index contributed by atoms with van der Waals surface area (Å²) in [5, 5.41) is 17.6. The lowest BCUT2D eigenvalue weighted by molar-refractivity contribution is 0.0673. The van der Waals surface area contributed by atoms with Crippen molar-refractivity contribution in [2.24, 2.45) is 5.92 Å². The summed E-state index contributed by atoms with van der Waals surface area (Å²) in [6, 6.07) is 7.46. The Morgan fingerprint density at radius 1 is 1.26 bits per heavy atom. The third-order valence-electron chi connectivity index (χ3n) is 4.44. The molecule has 1 fully saturated rings. The maximum absolute atomic E-state index is 12.8. The minimum Gasteiger partial charge on any atom is -0.338 e. The zero-order chi connectivity index (χ0) is 15.6. The molecule has 0 bridgehead atoms. The van der Waals surface area contributed by atoms with Crippen LogP contribution in [0.1, 0.15) is 28.9 Å². The fraction of sp³-hybridized carbons (Fsp3) is 0.375. The summed E-state index contributed by atoms with van der Waals surface area (Å²) in [4.78, 5) is 14.7. The molecule has 2 aromatic heterocycles. The van der Waals surface area contributed by atoms with Gasteiger partial charge in [0.05, 0.1) is 0 Å². The lowest BCUT2D eigenvalue weighted by Gasteiger charge is -2.32. The molecule has 1 atom stereocenters. The standard InChI is InChI=1S/C16H18N6O/c23-16(12-3-4-14-15(9-12)20-21-19-14)22-7-1-2-11(10-22)8-13-5-6-17-18-13/h3-6,9,11H,1-2,7-8,10H2,(H,17,18)(H,19,20,21). The number of H-pyrrole nitrogens is 2. The number of piperidine rings is 1. The van der Waals surface area contributed by atoms with E-state index in [-0.39, 0.29) is 5.91 Å². The molecule has 0 saturated carbocycles. The Morgan fingerprint density at radius 2 is 2.17 bits per heavy atom. The van der Waals surface area contributed by atoms with Gasteiger partial charge in [0.1, 0.15) is 11.0 Å². The molecule has 3 heterocycles. The third kappa shape index (κ3) is 2.81. The third-order valence-corrected chi connectivity index (χ3v) is 4.44. The molecule has 1 aliphatic rings. The molecule has 1 aromatic carbocycles. The summed E-state index contributed by atoms with van der Waals surface area (Å²) < 4.78 is 0. The van der Waals surface area contributed by atoms with Gasteiger partial charge in [-0.05, 0) is 49.4 Å². The molecule has 7 nitrogen and oxygen atoms in total. The molecule has 4 rings (SSSR count). The number of benzene rings is 1. The second-order valence-corrected chi connectivity index (χ2v) is 6.07. The zero-order valence-electron chi connectivity index (χ0n) is 12.7. The summed E-state index contributed by atoms with van der Waals surface area (Å²) in [7, 11) is 0. The van der Waals surface area contributed by atoms with Crippen molar-refractivity contribution < 1.29 is 4.79 Å². The van der Waals surface area contributed by atoms with Crippen LogP contribution >= 0.6 is 0 Å². The van der Waals surface area contributed by atoms with Crippen molar-refractivity contribution in [1.29, 1.82) is 0 Å². The van der Waals surface area contributed by atoms with Crippen molar-refractivity contribution in [3.63, 3.8) is 0 Å². The topological polar surface area (TPSA) is 90.6 Å². The Hall–Kier alpha value is -2.70. The van der Waals surface area contributed by atoms with Crippen LogP contribution < -0.4 is 0 Å². The molecule has 1 amide bonds.